The number of nitrogens with zero attached hydrogens (tertiary/aromatic N) is 3. The van der Waals surface area contributed by atoms with Gasteiger partial charge >= 0.3 is 0 Å². The lowest BCUT2D eigenvalue weighted by Gasteiger charge is -2.34. The SMILES string of the molecule is O=C1CCC(N2C(=O)c3ccc(CN4CCN(C(F)F)CC4)cc3C2=O)C(=O)N1. The van der Waals surface area contributed by atoms with Gasteiger partial charge in [0.25, 0.3) is 18.4 Å². The first kappa shape index (κ1) is 19.6. The van der Waals surface area contributed by atoms with Crippen LogP contribution in [0.5, 0.6) is 0 Å². The predicted molar refractivity (Wildman–Crippen MR) is 96.0 cm³/mol. The molecule has 1 N–H and O–H groups in total. The summed E-state index contributed by atoms with van der Waals surface area (Å²) in [6.45, 7) is -0.483. The van der Waals surface area contributed by atoms with Gasteiger partial charge in [-0.15, -0.1) is 0 Å². The zero-order chi connectivity index (χ0) is 20.7. The second-order valence-corrected chi connectivity index (χ2v) is 7.42. The van der Waals surface area contributed by atoms with Crippen LogP contribution in [-0.4, -0.2) is 77.1 Å². The number of rotatable bonds is 4. The molecule has 0 saturated carbocycles. The molecule has 0 aromatic heterocycles. The van der Waals surface area contributed by atoms with Crippen molar-refractivity contribution in [3.05, 3.63) is 34.9 Å². The Balaban J connectivity index is 1.47. The third kappa shape index (κ3) is 3.65. The molecule has 10 heteroatoms. The average molecular weight is 406 g/mol. The lowest BCUT2D eigenvalue weighted by atomic mass is 10.0. The number of imide groups is 2. The quantitative estimate of drug-likeness (QED) is 0.576. The Bertz CT molecular complexity index is 883. The van der Waals surface area contributed by atoms with Crippen molar-refractivity contribution in [1.29, 1.82) is 0 Å². The van der Waals surface area contributed by atoms with Crippen molar-refractivity contribution in [3.8, 4) is 0 Å². The number of hydrogen-bond donors (Lipinski definition) is 1. The Morgan fingerprint density at radius 3 is 2.34 bits per heavy atom. The molecule has 8 nitrogen and oxygen atoms in total. The lowest BCUT2D eigenvalue weighted by Crippen LogP contribution is -2.54. The van der Waals surface area contributed by atoms with Gasteiger partial charge in [0.15, 0.2) is 0 Å². The number of carbonyl (C=O) groups excluding carboxylic acids is 4. The number of benzene rings is 1. The number of halogens is 2. The molecule has 4 rings (SSSR count). The summed E-state index contributed by atoms with van der Waals surface area (Å²) in [5.74, 6) is -2.16. The third-order valence-electron chi connectivity index (χ3n) is 5.59. The van der Waals surface area contributed by atoms with E-state index in [0.717, 1.165) is 15.4 Å². The van der Waals surface area contributed by atoms with Crippen molar-refractivity contribution in [2.75, 3.05) is 26.2 Å². The van der Waals surface area contributed by atoms with Crippen molar-refractivity contribution < 1.29 is 28.0 Å². The molecule has 2 fully saturated rings. The van der Waals surface area contributed by atoms with E-state index < -0.39 is 36.2 Å². The van der Waals surface area contributed by atoms with Crippen LogP contribution >= 0.6 is 0 Å². The topological polar surface area (TPSA) is 90.0 Å². The average Bonchev–Trinajstić information content (AvgIpc) is 2.93. The number of piperidine rings is 1. The van der Waals surface area contributed by atoms with E-state index in [4.69, 9.17) is 0 Å². The van der Waals surface area contributed by atoms with Gasteiger partial charge in [0, 0.05) is 39.1 Å². The molecule has 0 aliphatic carbocycles. The first-order chi connectivity index (χ1) is 13.8. The van der Waals surface area contributed by atoms with Crippen molar-refractivity contribution in [3.63, 3.8) is 0 Å². The number of hydrogen-bond acceptors (Lipinski definition) is 6. The summed E-state index contributed by atoms with van der Waals surface area (Å²) < 4.78 is 25.5. The smallest absolute Gasteiger partial charge is 0.294 e. The maximum absolute atomic E-state index is 12.8. The Labute approximate surface area is 165 Å². The van der Waals surface area contributed by atoms with E-state index in [-0.39, 0.29) is 37.1 Å². The summed E-state index contributed by atoms with van der Waals surface area (Å²) in [5.41, 5.74) is 1.25. The molecule has 0 radical (unpaired) electrons. The zero-order valence-corrected chi connectivity index (χ0v) is 15.6. The van der Waals surface area contributed by atoms with Crippen LogP contribution in [0.2, 0.25) is 0 Å². The summed E-state index contributed by atoms with van der Waals surface area (Å²) in [7, 11) is 0. The minimum atomic E-state index is -2.46. The van der Waals surface area contributed by atoms with Crippen LogP contribution < -0.4 is 5.32 Å². The molecular weight excluding hydrogens is 386 g/mol. The largest absolute Gasteiger partial charge is 0.297 e. The fourth-order valence-corrected chi connectivity index (χ4v) is 3.99. The minimum absolute atomic E-state index is 0.0691. The molecule has 4 amide bonds. The summed E-state index contributed by atoms with van der Waals surface area (Å²) in [6.07, 6.45) is 0.178. The van der Waals surface area contributed by atoms with Crippen LogP contribution in [0, 0.1) is 0 Å². The number of carbonyl (C=O) groups is 4. The van der Waals surface area contributed by atoms with E-state index in [2.05, 4.69) is 5.32 Å². The molecule has 0 spiro atoms. The maximum atomic E-state index is 12.8. The highest BCUT2D eigenvalue weighted by Gasteiger charge is 2.44. The maximum Gasteiger partial charge on any atom is 0.294 e. The van der Waals surface area contributed by atoms with Crippen molar-refractivity contribution in [2.45, 2.75) is 32.0 Å². The van der Waals surface area contributed by atoms with Crippen LogP contribution in [0.15, 0.2) is 18.2 Å². The monoisotopic (exact) mass is 406 g/mol. The highest BCUT2D eigenvalue weighted by atomic mass is 19.3. The van der Waals surface area contributed by atoms with Gasteiger partial charge < -0.3 is 0 Å². The fourth-order valence-electron chi connectivity index (χ4n) is 3.99. The first-order valence-corrected chi connectivity index (χ1v) is 9.44. The number of amides is 4. The minimum Gasteiger partial charge on any atom is -0.297 e. The third-order valence-corrected chi connectivity index (χ3v) is 5.59. The Morgan fingerprint density at radius 1 is 1.00 bits per heavy atom. The fraction of sp³-hybridized carbons (Fsp3) is 0.474. The molecule has 3 aliphatic heterocycles. The Morgan fingerprint density at radius 2 is 1.69 bits per heavy atom. The molecule has 0 bridgehead atoms. The zero-order valence-electron chi connectivity index (χ0n) is 15.6. The molecule has 1 aromatic rings. The van der Waals surface area contributed by atoms with Crippen LogP contribution in [0.1, 0.15) is 39.1 Å². The van der Waals surface area contributed by atoms with Crippen LogP contribution in [0.4, 0.5) is 8.78 Å². The second kappa shape index (κ2) is 7.60. The highest BCUT2D eigenvalue weighted by molar-refractivity contribution is 6.23. The van der Waals surface area contributed by atoms with Gasteiger partial charge in [-0.25, -0.2) is 4.90 Å². The van der Waals surface area contributed by atoms with Gasteiger partial charge in [-0.3, -0.25) is 34.3 Å². The molecular formula is C19H20F2N4O4. The van der Waals surface area contributed by atoms with Gasteiger partial charge in [-0.05, 0) is 24.1 Å². The normalized spacial score (nSPS) is 23.7. The summed E-state index contributed by atoms with van der Waals surface area (Å²) >= 11 is 0. The van der Waals surface area contributed by atoms with E-state index in [0.29, 0.717) is 19.6 Å². The first-order valence-electron chi connectivity index (χ1n) is 9.44. The van der Waals surface area contributed by atoms with Gasteiger partial charge in [-0.2, -0.15) is 8.78 Å². The molecule has 1 unspecified atom stereocenters. The van der Waals surface area contributed by atoms with Crippen LogP contribution in [-0.2, 0) is 16.1 Å². The van der Waals surface area contributed by atoms with Crippen molar-refractivity contribution >= 4 is 23.6 Å². The van der Waals surface area contributed by atoms with Crippen molar-refractivity contribution in [2.24, 2.45) is 0 Å². The van der Waals surface area contributed by atoms with Gasteiger partial charge in [0.1, 0.15) is 6.04 Å². The van der Waals surface area contributed by atoms with Gasteiger partial charge in [-0.1, -0.05) is 6.07 Å². The molecule has 3 aliphatic rings. The standard InChI is InChI=1S/C19H20F2N4O4/c20-19(21)24-7-5-23(6-8-24)10-11-1-2-12-13(9-11)18(29)25(17(12)28)14-3-4-15(26)22-16(14)27/h1-2,9,14,19H,3-8,10H2,(H,22,26,27). The van der Waals surface area contributed by atoms with Gasteiger partial charge in [0.05, 0.1) is 11.1 Å². The van der Waals surface area contributed by atoms with Crippen molar-refractivity contribution in [1.82, 2.24) is 20.0 Å². The van der Waals surface area contributed by atoms with Gasteiger partial charge in [0.2, 0.25) is 11.8 Å². The second-order valence-electron chi connectivity index (χ2n) is 7.42. The molecule has 1 aromatic carbocycles. The molecule has 154 valence electrons. The van der Waals surface area contributed by atoms with E-state index in [1.54, 1.807) is 18.2 Å². The summed E-state index contributed by atoms with van der Waals surface area (Å²) in [4.78, 5) is 53.0. The molecule has 3 heterocycles. The van der Waals surface area contributed by atoms with E-state index >= 15 is 0 Å². The Hall–Kier alpha value is -2.72. The van der Waals surface area contributed by atoms with E-state index in [1.165, 1.54) is 0 Å². The van der Waals surface area contributed by atoms with Crippen LogP contribution in [0.3, 0.4) is 0 Å². The number of alkyl halides is 2. The predicted octanol–water partition coefficient (Wildman–Crippen LogP) is 0.428. The lowest BCUT2D eigenvalue weighted by molar-refractivity contribution is -0.136. The number of nitrogens with one attached hydrogen (secondary N) is 1. The molecule has 2 saturated heterocycles. The summed E-state index contributed by atoms with van der Waals surface area (Å²) in [6, 6.07) is 3.93. The summed E-state index contributed by atoms with van der Waals surface area (Å²) in [5, 5.41) is 2.16. The Kier molecular flexibility index (Phi) is 5.13. The van der Waals surface area contributed by atoms with E-state index in [1.807, 2.05) is 4.90 Å². The molecule has 1 atom stereocenters. The number of piperazine rings is 1. The molecule has 29 heavy (non-hydrogen) atoms. The highest BCUT2D eigenvalue weighted by Crippen LogP contribution is 2.28. The van der Waals surface area contributed by atoms with Crippen LogP contribution in [0.25, 0.3) is 0 Å². The number of fused-ring (bicyclic) bond motifs is 1. The van der Waals surface area contributed by atoms with E-state index in [9.17, 15) is 28.0 Å².